The monoisotopic (exact) mass is 353 g/mol. The van der Waals surface area contributed by atoms with E-state index in [1.807, 2.05) is 0 Å². The van der Waals surface area contributed by atoms with Crippen LogP contribution in [0, 0.1) is 10.8 Å². The molecule has 2 unspecified atom stereocenters. The molecule has 1 saturated carbocycles. The van der Waals surface area contributed by atoms with Crippen LogP contribution in [0.2, 0.25) is 0 Å². The summed E-state index contributed by atoms with van der Waals surface area (Å²) in [5.74, 6) is 0. The molecule has 1 nitrogen and oxygen atoms in total. The molecular weight excluding hydrogens is 314 g/mol. The van der Waals surface area contributed by atoms with Crippen LogP contribution in [0.25, 0.3) is 5.57 Å². The Labute approximate surface area is 162 Å². The fraction of sp³-hybridized carbons (Fsp3) is 0.600. The SMILES string of the molecule is C=C(C)C1(C(=C)c2ccc(CCCC)cc2)CCC(CC)(CCNC)C1. The molecule has 1 N–H and O–H groups in total. The maximum Gasteiger partial charge on any atom is 0.0162 e. The Bertz CT molecular complexity index is 612. The van der Waals surface area contributed by atoms with Gasteiger partial charge in [0.25, 0.3) is 0 Å². The molecule has 0 amide bonds. The Balaban J connectivity index is 2.24. The summed E-state index contributed by atoms with van der Waals surface area (Å²) < 4.78 is 0. The summed E-state index contributed by atoms with van der Waals surface area (Å²) in [6.07, 6.45) is 9.86. The van der Waals surface area contributed by atoms with Crippen LogP contribution in [0.1, 0.15) is 76.8 Å². The molecule has 0 bridgehead atoms. The van der Waals surface area contributed by atoms with Gasteiger partial charge in [-0.15, -0.1) is 0 Å². The van der Waals surface area contributed by atoms with Crippen molar-refractivity contribution in [3.63, 3.8) is 0 Å². The smallest absolute Gasteiger partial charge is 0.0162 e. The van der Waals surface area contributed by atoms with Crippen LogP contribution in [0.5, 0.6) is 0 Å². The van der Waals surface area contributed by atoms with Crippen LogP contribution in [-0.2, 0) is 6.42 Å². The lowest BCUT2D eigenvalue weighted by molar-refractivity contribution is 0.242. The molecule has 1 fully saturated rings. The van der Waals surface area contributed by atoms with Crippen molar-refractivity contribution in [2.75, 3.05) is 13.6 Å². The molecule has 26 heavy (non-hydrogen) atoms. The number of hydrogen-bond acceptors (Lipinski definition) is 1. The van der Waals surface area contributed by atoms with Gasteiger partial charge in [-0.25, -0.2) is 0 Å². The summed E-state index contributed by atoms with van der Waals surface area (Å²) in [7, 11) is 2.06. The summed E-state index contributed by atoms with van der Waals surface area (Å²) in [6, 6.07) is 9.17. The molecule has 0 saturated heterocycles. The normalized spacial score (nSPS) is 25.4. The zero-order chi connectivity index (χ0) is 19.2. The van der Waals surface area contributed by atoms with E-state index in [1.54, 1.807) is 0 Å². The van der Waals surface area contributed by atoms with Gasteiger partial charge in [0, 0.05) is 5.41 Å². The third kappa shape index (κ3) is 4.31. The van der Waals surface area contributed by atoms with E-state index < -0.39 is 0 Å². The molecule has 2 atom stereocenters. The Morgan fingerprint density at radius 3 is 2.35 bits per heavy atom. The predicted octanol–water partition coefficient (Wildman–Crippen LogP) is 6.79. The van der Waals surface area contributed by atoms with Crippen LogP contribution in [0.3, 0.4) is 0 Å². The summed E-state index contributed by atoms with van der Waals surface area (Å²) in [5.41, 5.74) is 5.80. The van der Waals surface area contributed by atoms with E-state index in [-0.39, 0.29) is 5.41 Å². The predicted molar refractivity (Wildman–Crippen MR) is 116 cm³/mol. The molecule has 0 heterocycles. The molecule has 2 rings (SSSR count). The molecule has 1 aromatic carbocycles. The van der Waals surface area contributed by atoms with E-state index in [9.17, 15) is 0 Å². The second-order valence-electron chi connectivity index (χ2n) is 8.53. The van der Waals surface area contributed by atoms with Crippen LogP contribution in [0.15, 0.2) is 43.0 Å². The van der Waals surface area contributed by atoms with Crippen LogP contribution in [0.4, 0.5) is 0 Å². The first-order valence-electron chi connectivity index (χ1n) is 10.5. The average molecular weight is 354 g/mol. The number of unbranched alkanes of at least 4 members (excludes halogenated alkanes) is 1. The van der Waals surface area contributed by atoms with Crippen molar-refractivity contribution in [2.24, 2.45) is 10.8 Å². The average Bonchev–Trinajstić information content (AvgIpc) is 3.06. The number of rotatable bonds is 10. The molecule has 144 valence electrons. The third-order valence-electron chi connectivity index (χ3n) is 6.93. The van der Waals surface area contributed by atoms with Crippen molar-refractivity contribution in [3.05, 3.63) is 54.1 Å². The van der Waals surface area contributed by atoms with Gasteiger partial charge in [-0.2, -0.15) is 0 Å². The van der Waals surface area contributed by atoms with E-state index in [1.165, 1.54) is 73.6 Å². The van der Waals surface area contributed by atoms with Crippen LogP contribution in [-0.4, -0.2) is 13.6 Å². The van der Waals surface area contributed by atoms with Crippen LogP contribution < -0.4 is 5.32 Å². The quantitative estimate of drug-likeness (QED) is 0.456. The first-order valence-corrected chi connectivity index (χ1v) is 10.5. The second-order valence-corrected chi connectivity index (χ2v) is 8.53. The summed E-state index contributed by atoms with van der Waals surface area (Å²) in [5, 5.41) is 3.35. The van der Waals surface area contributed by atoms with Gasteiger partial charge >= 0.3 is 0 Å². The lowest BCUT2D eigenvalue weighted by Gasteiger charge is -2.36. The minimum absolute atomic E-state index is 0.0642. The Hall–Kier alpha value is -1.34. The number of hydrogen-bond donors (Lipinski definition) is 1. The zero-order valence-electron chi connectivity index (χ0n) is 17.6. The summed E-state index contributed by atoms with van der Waals surface area (Å²) >= 11 is 0. The standard InChI is InChI=1S/C25H39N/c1-7-9-10-22-11-13-23(14-12-22)21(5)25(20(3)4)16-15-24(8-2,19-25)17-18-26-6/h11-14,26H,3,5,7-10,15-19H2,1-2,4,6H3. The highest BCUT2D eigenvalue weighted by molar-refractivity contribution is 5.72. The molecule has 0 aromatic heterocycles. The Morgan fingerprint density at radius 2 is 1.81 bits per heavy atom. The Morgan fingerprint density at radius 1 is 1.12 bits per heavy atom. The lowest BCUT2D eigenvalue weighted by Crippen LogP contribution is -2.26. The number of benzene rings is 1. The summed E-state index contributed by atoms with van der Waals surface area (Å²) in [6.45, 7) is 16.9. The van der Waals surface area contributed by atoms with E-state index in [0.29, 0.717) is 5.41 Å². The topological polar surface area (TPSA) is 12.0 Å². The van der Waals surface area contributed by atoms with Gasteiger partial charge in [0.2, 0.25) is 0 Å². The summed E-state index contributed by atoms with van der Waals surface area (Å²) in [4.78, 5) is 0. The second kappa shape index (κ2) is 9.04. The maximum absolute atomic E-state index is 4.60. The van der Waals surface area contributed by atoms with Gasteiger partial charge in [0.15, 0.2) is 0 Å². The first-order chi connectivity index (χ1) is 12.4. The molecule has 1 heteroatoms. The zero-order valence-corrected chi connectivity index (χ0v) is 17.6. The Kier molecular flexibility index (Phi) is 7.29. The van der Waals surface area contributed by atoms with Gasteiger partial charge in [-0.1, -0.05) is 69.7 Å². The van der Waals surface area contributed by atoms with Gasteiger partial charge in [-0.05, 0) is 81.2 Å². The van der Waals surface area contributed by atoms with Crippen molar-refractivity contribution in [1.29, 1.82) is 0 Å². The molecule has 0 spiro atoms. The minimum atomic E-state index is 0.0642. The first kappa shape index (κ1) is 21.0. The molecule has 1 aromatic rings. The molecule has 1 aliphatic rings. The van der Waals surface area contributed by atoms with Crippen molar-refractivity contribution >= 4 is 5.57 Å². The van der Waals surface area contributed by atoms with Gasteiger partial charge in [0.05, 0.1) is 0 Å². The van der Waals surface area contributed by atoms with E-state index in [2.05, 4.69) is 70.6 Å². The number of aryl methyl sites for hydroxylation is 1. The van der Waals surface area contributed by atoms with Gasteiger partial charge in [0.1, 0.15) is 0 Å². The third-order valence-corrected chi connectivity index (χ3v) is 6.93. The maximum atomic E-state index is 4.60. The molecule has 0 radical (unpaired) electrons. The number of nitrogens with one attached hydrogen (secondary N) is 1. The van der Waals surface area contributed by atoms with Crippen molar-refractivity contribution < 1.29 is 0 Å². The fourth-order valence-electron chi connectivity index (χ4n) is 4.79. The molecular formula is C25H39N. The van der Waals surface area contributed by atoms with E-state index >= 15 is 0 Å². The highest BCUT2D eigenvalue weighted by atomic mass is 14.8. The fourth-order valence-corrected chi connectivity index (χ4v) is 4.79. The highest BCUT2D eigenvalue weighted by Crippen LogP contribution is 2.60. The number of allylic oxidation sites excluding steroid dienone is 2. The van der Waals surface area contributed by atoms with Crippen LogP contribution >= 0.6 is 0 Å². The lowest BCUT2D eigenvalue weighted by atomic mass is 9.68. The van der Waals surface area contributed by atoms with Gasteiger partial charge < -0.3 is 5.32 Å². The van der Waals surface area contributed by atoms with Crippen molar-refractivity contribution in [3.8, 4) is 0 Å². The highest BCUT2D eigenvalue weighted by Gasteiger charge is 2.48. The van der Waals surface area contributed by atoms with Crippen molar-refractivity contribution in [1.82, 2.24) is 5.32 Å². The van der Waals surface area contributed by atoms with Gasteiger partial charge in [-0.3, -0.25) is 0 Å². The molecule has 0 aliphatic heterocycles. The molecule has 1 aliphatic carbocycles. The largest absolute Gasteiger partial charge is 0.320 e. The minimum Gasteiger partial charge on any atom is -0.320 e. The van der Waals surface area contributed by atoms with E-state index in [0.717, 1.165) is 6.54 Å². The van der Waals surface area contributed by atoms with Crippen molar-refractivity contribution in [2.45, 2.75) is 72.1 Å². The van der Waals surface area contributed by atoms with E-state index in [4.69, 9.17) is 0 Å².